The number of hydrogen-bond donors (Lipinski definition) is 1. The molecule has 1 atom stereocenters. The third-order valence-corrected chi connectivity index (χ3v) is 3.76. The van der Waals surface area contributed by atoms with Gasteiger partial charge in [-0.3, -0.25) is 0 Å². The van der Waals surface area contributed by atoms with Crippen LogP contribution in [0.3, 0.4) is 0 Å². The van der Waals surface area contributed by atoms with Gasteiger partial charge >= 0.3 is 0 Å². The summed E-state index contributed by atoms with van der Waals surface area (Å²) in [6.07, 6.45) is 0. The highest BCUT2D eigenvalue weighted by molar-refractivity contribution is 9.10. The number of rotatable bonds is 3. The molecule has 0 aliphatic rings. The van der Waals surface area contributed by atoms with Crippen LogP contribution < -0.4 is 10.5 Å². The van der Waals surface area contributed by atoms with Crippen LogP contribution in [0.5, 0.6) is 5.75 Å². The molecule has 0 amide bonds. The Morgan fingerprint density at radius 3 is 2.63 bits per heavy atom. The second-order valence-corrected chi connectivity index (χ2v) is 5.22. The first kappa shape index (κ1) is 14.0. The first-order valence-corrected chi connectivity index (χ1v) is 6.68. The van der Waals surface area contributed by atoms with Crippen molar-refractivity contribution in [3.63, 3.8) is 0 Å². The molecule has 2 N–H and O–H groups in total. The van der Waals surface area contributed by atoms with E-state index in [4.69, 9.17) is 10.5 Å². The maximum Gasteiger partial charge on any atom is 0.170 e. The highest BCUT2D eigenvalue weighted by Gasteiger charge is 2.18. The van der Waals surface area contributed by atoms with Crippen LogP contribution in [0.1, 0.15) is 22.7 Å². The van der Waals surface area contributed by atoms with Crippen LogP contribution >= 0.6 is 15.9 Å². The number of ether oxygens (including phenoxy) is 1. The smallest absolute Gasteiger partial charge is 0.170 e. The quantitative estimate of drug-likeness (QED) is 0.928. The molecule has 100 valence electrons. The van der Waals surface area contributed by atoms with Gasteiger partial charge in [-0.15, -0.1) is 0 Å². The Balaban J connectivity index is 2.50. The Labute approximate surface area is 120 Å². The number of halogens is 2. The van der Waals surface area contributed by atoms with Crippen LogP contribution in [0.15, 0.2) is 40.9 Å². The molecule has 0 spiro atoms. The Hall–Kier alpha value is -1.39. The largest absolute Gasteiger partial charge is 0.494 e. The fraction of sp³-hybridized carbons (Fsp3) is 0.200. The number of methoxy groups -OCH3 is 1. The molecule has 4 heteroatoms. The van der Waals surface area contributed by atoms with Crippen molar-refractivity contribution >= 4 is 15.9 Å². The lowest BCUT2D eigenvalue weighted by Gasteiger charge is -2.17. The fourth-order valence-corrected chi connectivity index (χ4v) is 2.49. The van der Waals surface area contributed by atoms with E-state index in [0.29, 0.717) is 5.56 Å². The minimum Gasteiger partial charge on any atom is -0.494 e. The molecule has 0 aliphatic heterocycles. The van der Waals surface area contributed by atoms with Crippen LogP contribution in [0.2, 0.25) is 0 Å². The molecule has 0 radical (unpaired) electrons. The minimum absolute atomic E-state index is 0.205. The summed E-state index contributed by atoms with van der Waals surface area (Å²) < 4.78 is 20.1. The number of hydrogen-bond acceptors (Lipinski definition) is 2. The van der Waals surface area contributed by atoms with Crippen molar-refractivity contribution in [2.75, 3.05) is 7.11 Å². The predicted molar refractivity (Wildman–Crippen MR) is 77.9 cm³/mol. The molecule has 0 aromatic heterocycles. The number of benzene rings is 2. The molecule has 1 unspecified atom stereocenters. The highest BCUT2D eigenvalue weighted by Crippen LogP contribution is 2.31. The minimum atomic E-state index is -0.538. The summed E-state index contributed by atoms with van der Waals surface area (Å²) in [6, 6.07) is 10.3. The van der Waals surface area contributed by atoms with Gasteiger partial charge in [-0.05, 0) is 24.6 Å². The lowest BCUT2D eigenvalue weighted by Crippen LogP contribution is -2.15. The van der Waals surface area contributed by atoms with Crippen LogP contribution in [0.4, 0.5) is 4.39 Å². The summed E-state index contributed by atoms with van der Waals surface area (Å²) in [5.41, 5.74) is 8.54. The van der Waals surface area contributed by atoms with E-state index < -0.39 is 11.9 Å². The zero-order valence-electron chi connectivity index (χ0n) is 10.8. The van der Waals surface area contributed by atoms with E-state index in [1.165, 1.54) is 7.11 Å². The lowest BCUT2D eigenvalue weighted by molar-refractivity contribution is 0.383. The molecule has 0 fully saturated rings. The maximum atomic E-state index is 14.2. The summed E-state index contributed by atoms with van der Waals surface area (Å²) in [6.45, 7) is 1.98. The third kappa shape index (κ3) is 2.80. The summed E-state index contributed by atoms with van der Waals surface area (Å²) >= 11 is 3.45. The van der Waals surface area contributed by atoms with Gasteiger partial charge in [0.15, 0.2) is 11.6 Å². The van der Waals surface area contributed by atoms with Crippen LogP contribution in [0, 0.1) is 12.7 Å². The van der Waals surface area contributed by atoms with E-state index in [-0.39, 0.29) is 5.75 Å². The van der Waals surface area contributed by atoms with E-state index in [2.05, 4.69) is 15.9 Å². The van der Waals surface area contributed by atoms with Crippen molar-refractivity contribution in [3.05, 3.63) is 63.4 Å². The number of aryl methyl sites for hydroxylation is 1. The summed E-state index contributed by atoms with van der Waals surface area (Å²) in [4.78, 5) is 0. The third-order valence-electron chi connectivity index (χ3n) is 3.03. The van der Waals surface area contributed by atoms with E-state index in [0.717, 1.165) is 15.6 Å². The monoisotopic (exact) mass is 323 g/mol. The first-order valence-electron chi connectivity index (χ1n) is 5.88. The molecule has 2 nitrogen and oxygen atoms in total. The van der Waals surface area contributed by atoms with Crippen molar-refractivity contribution in [1.29, 1.82) is 0 Å². The molecule has 0 bridgehead atoms. The van der Waals surface area contributed by atoms with Crippen LogP contribution in [0.25, 0.3) is 0 Å². The standard InChI is InChI=1S/C15H15BrFNO/c1-9-6-7-12(16)11(8-9)15(18)10-4-3-5-13(19-2)14(10)17/h3-8,15H,18H2,1-2H3. The first-order chi connectivity index (χ1) is 9.04. The zero-order chi connectivity index (χ0) is 14.0. The van der Waals surface area contributed by atoms with E-state index in [1.807, 2.05) is 25.1 Å². The van der Waals surface area contributed by atoms with Crippen molar-refractivity contribution in [3.8, 4) is 5.75 Å². The van der Waals surface area contributed by atoms with E-state index in [9.17, 15) is 4.39 Å². The molecular formula is C15H15BrFNO. The molecule has 0 saturated carbocycles. The van der Waals surface area contributed by atoms with E-state index in [1.54, 1.807) is 18.2 Å². The SMILES string of the molecule is COc1cccc(C(N)c2cc(C)ccc2Br)c1F. The molecule has 2 aromatic rings. The summed E-state index contributed by atoms with van der Waals surface area (Å²) in [5.74, 6) is -0.206. The van der Waals surface area contributed by atoms with Gasteiger partial charge in [0.1, 0.15) is 0 Å². The molecule has 2 rings (SSSR count). The Kier molecular flexibility index (Phi) is 4.22. The normalized spacial score (nSPS) is 12.3. The topological polar surface area (TPSA) is 35.2 Å². The second kappa shape index (κ2) is 5.72. The molecule has 0 saturated heterocycles. The van der Waals surface area contributed by atoms with Gasteiger partial charge in [0.25, 0.3) is 0 Å². The molecule has 2 aromatic carbocycles. The average Bonchev–Trinajstić information content (AvgIpc) is 2.41. The van der Waals surface area contributed by atoms with Gasteiger partial charge in [-0.2, -0.15) is 0 Å². The summed E-state index contributed by atoms with van der Waals surface area (Å²) in [7, 11) is 1.44. The van der Waals surface area contributed by atoms with Crippen LogP contribution in [-0.2, 0) is 0 Å². The Morgan fingerprint density at radius 2 is 1.95 bits per heavy atom. The van der Waals surface area contributed by atoms with Gasteiger partial charge in [0, 0.05) is 10.0 Å². The predicted octanol–water partition coefficient (Wildman–Crippen LogP) is 3.95. The van der Waals surface area contributed by atoms with Gasteiger partial charge in [0.2, 0.25) is 0 Å². The zero-order valence-corrected chi connectivity index (χ0v) is 12.4. The fourth-order valence-electron chi connectivity index (χ4n) is 1.99. The highest BCUT2D eigenvalue weighted by atomic mass is 79.9. The van der Waals surface area contributed by atoms with Gasteiger partial charge in [-0.1, -0.05) is 45.8 Å². The van der Waals surface area contributed by atoms with Crippen molar-refractivity contribution in [2.24, 2.45) is 5.73 Å². The Morgan fingerprint density at radius 1 is 1.21 bits per heavy atom. The van der Waals surface area contributed by atoms with E-state index >= 15 is 0 Å². The Bertz CT molecular complexity index is 601. The molecule has 19 heavy (non-hydrogen) atoms. The second-order valence-electron chi connectivity index (χ2n) is 4.37. The molecule has 0 heterocycles. The van der Waals surface area contributed by atoms with Gasteiger partial charge in [0.05, 0.1) is 13.2 Å². The van der Waals surface area contributed by atoms with Gasteiger partial charge < -0.3 is 10.5 Å². The van der Waals surface area contributed by atoms with Crippen molar-refractivity contribution in [1.82, 2.24) is 0 Å². The number of nitrogens with two attached hydrogens (primary N) is 1. The maximum absolute atomic E-state index is 14.2. The molecule has 0 aliphatic carbocycles. The van der Waals surface area contributed by atoms with Crippen molar-refractivity contribution < 1.29 is 9.13 Å². The molecular weight excluding hydrogens is 309 g/mol. The summed E-state index contributed by atoms with van der Waals surface area (Å²) in [5, 5.41) is 0. The lowest BCUT2D eigenvalue weighted by atomic mass is 9.97. The van der Waals surface area contributed by atoms with Crippen molar-refractivity contribution in [2.45, 2.75) is 13.0 Å². The van der Waals surface area contributed by atoms with Crippen LogP contribution in [-0.4, -0.2) is 7.11 Å². The average molecular weight is 324 g/mol. The van der Waals surface area contributed by atoms with Gasteiger partial charge in [-0.25, -0.2) is 4.39 Å².